The largest absolute Gasteiger partial charge is 0.393 e. The summed E-state index contributed by atoms with van der Waals surface area (Å²) < 4.78 is 18.6. The number of rotatable bonds is 4. The van der Waals surface area contributed by atoms with E-state index in [1.165, 1.54) is 0 Å². The zero-order chi connectivity index (χ0) is 32.9. The molecule has 5 aliphatic carbocycles. The maximum atomic E-state index is 12.4. The van der Waals surface area contributed by atoms with Gasteiger partial charge in [-0.05, 0) is 100 Å². The lowest BCUT2D eigenvalue weighted by Crippen LogP contribution is -2.65. The molecule has 2 aliphatic heterocycles. The smallest absolute Gasteiger partial charge is 0.186 e. The van der Waals surface area contributed by atoms with Gasteiger partial charge in [-0.15, -0.1) is 0 Å². The monoisotopic (exact) mass is 638 g/mol. The topological polar surface area (TPSA) is 169 Å². The summed E-state index contributed by atoms with van der Waals surface area (Å²) in [5.41, 5.74) is -3.82. The van der Waals surface area contributed by atoms with Gasteiger partial charge in [0.15, 0.2) is 6.29 Å². The Kier molecular flexibility index (Phi) is 7.25. The molecule has 0 unspecified atom stereocenters. The van der Waals surface area contributed by atoms with Crippen LogP contribution in [0.4, 0.5) is 0 Å². The van der Waals surface area contributed by atoms with Gasteiger partial charge in [0.1, 0.15) is 18.3 Å². The third-order valence-electron chi connectivity index (χ3n) is 15.7. The molecule has 0 amide bonds. The van der Waals surface area contributed by atoms with Gasteiger partial charge < -0.3 is 50.0 Å². The van der Waals surface area contributed by atoms with Gasteiger partial charge in [-0.2, -0.15) is 0 Å². The second-order valence-corrected chi connectivity index (χ2v) is 18.2. The van der Waals surface area contributed by atoms with Gasteiger partial charge in [-0.3, -0.25) is 0 Å². The average Bonchev–Trinajstić information content (AvgIpc) is 3.36. The van der Waals surface area contributed by atoms with Crippen molar-refractivity contribution in [2.45, 2.75) is 166 Å². The fourth-order valence-electron chi connectivity index (χ4n) is 13.4. The first-order valence-corrected chi connectivity index (χ1v) is 17.5. The van der Waals surface area contributed by atoms with Gasteiger partial charge >= 0.3 is 0 Å². The summed E-state index contributed by atoms with van der Waals surface area (Å²) in [5.74, 6) is -0.0832. The van der Waals surface area contributed by atoms with Gasteiger partial charge in [-0.1, -0.05) is 27.7 Å². The van der Waals surface area contributed by atoms with Crippen LogP contribution in [0.1, 0.15) is 99.8 Å². The molecular weight excluding hydrogens is 580 g/mol. The molecule has 17 atom stereocenters. The summed E-state index contributed by atoms with van der Waals surface area (Å²) in [6.45, 7) is 14.1. The van der Waals surface area contributed by atoms with E-state index in [0.717, 1.165) is 32.1 Å². The van der Waals surface area contributed by atoms with E-state index < -0.39 is 70.9 Å². The van der Waals surface area contributed by atoms with Crippen molar-refractivity contribution in [1.29, 1.82) is 0 Å². The minimum absolute atomic E-state index is 0.0190. The molecule has 5 saturated carbocycles. The van der Waals surface area contributed by atoms with E-state index in [1.807, 2.05) is 6.92 Å². The van der Waals surface area contributed by atoms with E-state index in [0.29, 0.717) is 25.2 Å². The molecule has 10 heteroatoms. The van der Waals surface area contributed by atoms with Crippen molar-refractivity contribution in [3.8, 4) is 0 Å². The zero-order valence-electron chi connectivity index (χ0n) is 28.1. The van der Waals surface area contributed by atoms with Crippen LogP contribution in [0, 0.1) is 44.8 Å². The highest BCUT2D eigenvalue weighted by molar-refractivity contribution is 5.35. The molecular formula is C35H58O10. The van der Waals surface area contributed by atoms with Gasteiger partial charge in [0.25, 0.3) is 0 Å². The van der Waals surface area contributed by atoms with Crippen LogP contribution in [0.5, 0.6) is 0 Å². The summed E-state index contributed by atoms with van der Waals surface area (Å²) in [4.78, 5) is 0. The van der Waals surface area contributed by atoms with Crippen LogP contribution < -0.4 is 0 Å². The van der Waals surface area contributed by atoms with Crippen LogP contribution in [0.2, 0.25) is 0 Å². The molecule has 258 valence electrons. The highest BCUT2D eigenvalue weighted by Crippen LogP contribution is 2.89. The Labute approximate surface area is 267 Å². The van der Waals surface area contributed by atoms with Crippen molar-refractivity contribution < 1.29 is 50.0 Å². The Hall–Kier alpha value is -0.400. The molecule has 45 heavy (non-hydrogen) atoms. The molecule has 7 rings (SSSR count). The van der Waals surface area contributed by atoms with Crippen LogP contribution in [-0.4, -0.2) is 109 Å². The van der Waals surface area contributed by atoms with E-state index in [2.05, 4.69) is 27.7 Å². The summed E-state index contributed by atoms with van der Waals surface area (Å²) in [5, 5.41) is 77.9. The Morgan fingerprint density at radius 3 is 2.07 bits per heavy atom. The Morgan fingerprint density at radius 1 is 0.756 bits per heavy atom. The molecule has 7 fully saturated rings. The molecule has 2 heterocycles. The molecule has 0 aromatic heterocycles. The number of aliphatic hydroxyl groups excluding tert-OH is 6. The minimum atomic E-state index is -1.33. The number of aliphatic hydroxyl groups is 7. The number of ether oxygens (including phenoxy) is 3. The van der Waals surface area contributed by atoms with Crippen molar-refractivity contribution in [1.82, 2.24) is 0 Å². The Balaban J connectivity index is 1.18. The predicted molar refractivity (Wildman–Crippen MR) is 162 cm³/mol. The van der Waals surface area contributed by atoms with E-state index >= 15 is 0 Å². The van der Waals surface area contributed by atoms with Crippen LogP contribution in [0.3, 0.4) is 0 Å². The quantitative estimate of drug-likeness (QED) is 0.226. The van der Waals surface area contributed by atoms with Gasteiger partial charge in [0, 0.05) is 16.7 Å². The molecule has 0 aromatic carbocycles. The van der Waals surface area contributed by atoms with Crippen molar-refractivity contribution >= 4 is 0 Å². The first kappa shape index (κ1) is 33.1. The molecule has 7 N–H and O–H groups in total. The second-order valence-electron chi connectivity index (χ2n) is 18.2. The fourth-order valence-corrected chi connectivity index (χ4v) is 13.4. The molecule has 0 radical (unpaired) electrons. The first-order chi connectivity index (χ1) is 20.7. The van der Waals surface area contributed by atoms with E-state index in [-0.39, 0.29) is 41.0 Å². The number of hydrogen-bond donors (Lipinski definition) is 7. The van der Waals surface area contributed by atoms with E-state index in [1.54, 1.807) is 13.8 Å². The Morgan fingerprint density at radius 2 is 1.42 bits per heavy atom. The minimum Gasteiger partial charge on any atom is -0.393 e. The standard InChI is InChI=1S/C35H58O10/c1-29(2)18-8-9-19-32(6)27(41)25(40)26(31(5)12-10-22(45-31)30(3,4)42)33(32,7)20(37)14-35(19)16-34(18,35)13-11-21(29)44-28-24(39)23(38)17(36)15-43-28/h17-28,36-42H,8-16H2,1-7H3/t17-,18+,19-,20+,21+,22-,23-,24-,25+,26-,27-,28-,31-,32+,33+,34+,35-/m0/s1. The van der Waals surface area contributed by atoms with Crippen LogP contribution in [-0.2, 0) is 14.2 Å². The van der Waals surface area contributed by atoms with Crippen molar-refractivity contribution in [3.63, 3.8) is 0 Å². The zero-order valence-corrected chi connectivity index (χ0v) is 28.1. The summed E-state index contributed by atoms with van der Waals surface area (Å²) in [7, 11) is 0. The van der Waals surface area contributed by atoms with E-state index in [4.69, 9.17) is 14.2 Å². The summed E-state index contributed by atoms with van der Waals surface area (Å²) >= 11 is 0. The maximum Gasteiger partial charge on any atom is 0.186 e. The molecule has 7 aliphatic rings. The van der Waals surface area contributed by atoms with Gasteiger partial charge in [0.2, 0.25) is 0 Å². The fraction of sp³-hybridized carbons (Fsp3) is 1.00. The van der Waals surface area contributed by atoms with Crippen molar-refractivity contribution in [2.24, 2.45) is 44.8 Å². The predicted octanol–water partition coefficient (Wildman–Crippen LogP) is 1.87. The normalized spacial score (nSPS) is 60.4. The SMILES string of the molecule is CC(C)(O)[C@@H]1CC[C@@](C)([C@@H]2[C@@H](O)[C@H](O)[C@@]3(C)[C@@H]4CC[C@@H]5C(C)(C)[C@H](O[C@@H]6OC[C@H](O)[C@H](O)[C@@H]6O)CC[C@@]56C[C@@]46C[C@@H](O)[C@]23C)O1. The molecule has 0 aromatic rings. The maximum absolute atomic E-state index is 12.4. The lowest BCUT2D eigenvalue weighted by Gasteiger charge is -2.65. The number of fused-ring (bicyclic) bond motifs is 2. The second kappa shape index (κ2) is 9.86. The first-order valence-electron chi connectivity index (χ1n) is 17.5. The third kappa shape index (κ3) is 3.99. The Bertz CT molecular complexity index is 1190. The van der Waals surface area contributed by atoms with E-state index in [9.17, 15) is 35.7 Å². The third-order valence-corrected chi connectivity index (χ3v) is 15.7. The van der Waals surface area contributed by atoms with Gasteiger partial charge in [-0.25, -0.2) is 0 Å². The lowest BCUT2D eigenvalue weighted by atomic mass is 9.40. The van der Waals surface area contributed by atoms with Crippen molar-refractivity contribution in [2.75, 3.05) is 6.61 Å². The highest BCUT2D eigenvalue weighted by Gasteiger charge is 2.86. The average molecular weight is 639 g/mol. The summed E-state index contributed by atoms with van der Waals surface area (Å²) in [6, 6.07) is 0. The molecule has 2 spiro atoms. The molecule has 0 bridgehead atoms. The highest BCUT2D eigenvalue weighted by atomic mass is 16.7. The van der Waals surface area contributed by atoms with Crippen LogP contribution >= 0.6 is 0 Å². The molecule has 10 nitrogen and oxygen atoms in total. The number of hydrogen-bond acceptors (Lipinski definition) is 10. The lowest BCUT2D eigenvalue weighted by molar-refractivity contribution is -0.304. The van der Waals surface area contributed by atoms with Crippen LogP contribution in [0.25, 0.3) is 0 Å². The van der Waals surface area contributed by atoms with Gasteiger partial charge in [0.05, 0.1) is 48.3 Å². The molecule has 2 saturated heterocycles. The summed E-state index contributed by atoms with van der Waals surface area (Å²) in [6.07, 6.45) is -1.90. The van der Waals surface area contributed by atoms with Crippen LogP contribution in [0.15, 0.2) is 0 Å². The van der Waals surface area contributed by atoms with Crippen molar-refractivity contribution in [3.05, 3.63) is 0 Å².